The normalized spacial score (nSPS) is 11.3. The van der Waals surface area contributed by atoms with Crippen molar-refractivity contribution in [3.05, 3.63) is 65.9 Å². The van der Waals surface area contributed by atoms with Gasteiger partial charge in [0, 0.05) is 5.69 Å². The summed E-state index contributed by atoms with van der Waals surface area (Å²) in [6, 6.07) is 7.74. The molecule has 0 aliphatic rings. The maximum absolute atomic E-state index is 13.6. The number of nitrogens with one attached hydrogen (secondary N) is 2. The molecule has 0 saturated heterocycles. The zero-order valence-electron chi connectivity index (χ0n) is 12.9. The van der Waals surface area contributed by atoms with Gasteiger partial charge in [0.25, 0.3) is 0 Å². The molecule has 0 fully saturated rings. The molecule has 3 rings (SSSR count). The molecule has 1 aromatic heterocycles. The molecule has 5 nitrogen and oxygen atoms in total. The topological polar surface area (TPSA) is 62.7 Å². The zero-order chi connectivity index (χ0) is 18.7. The Morgan fingerprint density at radius 3 is 2.27 bits per heavy atom. The summed E-state index contributed by atoms with van der Waals surface area (Å²) in [4.78, 5) is 3.93. The Morgan fingerprint density at radius 1 is 0.885 bits per heavy atom. The second-order valence-corrected chi connectivity index (χ2v) is 5.09. The molecule has 0 radical (unpaired) electrons. The number of aromatic nitrogens is 3. The lowest BCUT2D eigenvalue weighted by molar-refractivity contribution is -0.137. The Labute approximate surface area is 143 Å². The molecule has 0 spiro atoms. The second-order valence-electron chi connectivity index (χ2n) is 5.09. The third kappa shape index (κ3) is 4.02. The number of para-hydroxylation sites is 1. The van der Waals surface area contributed by atoms with Gasteiger partial charge in [0.05, 0.1) is 11.8 Å². The van der Waals surface area contributed by atoms with E-state index in [2.05, 4.69) is 25.8 Å². The number of benzene rings is 2. The van der Waals surface area contributed by atoms with Crippen molar-refractivity contribution in [2.24, 2.45) is 0 Å². The van der Waals surface area contributed by atoms with Crippen LogP contribution < -0.4 is 10.6 Å². The molecule has 1 heterocycles. The Hall–Kier alpha value is -3.30. The molecule has 0 unspecified atom stereocenters. The quantitative estimate of drug-likeness (QED) is 0.657. The van der Waals surface area contributed by atoms with Crippen molar-refractivity contribution >= 4 is 23.1 Å². The van der Waals surface area contributed by atoms with Crippen molar-refractivity contribution in [2.45, 2.75) is 6.18 Å². The van der Waals surface area contributed by atoms with Gasteiger partial charge in [0.15, 0.2) is 5.82 Å². The highest BCUT2D eigenvalue weighted by Gasteiger charge is 2.30. The number of hydrogen-bond acceptors (Lipinski definition) is 5. The van der Waals surface area contributed by atoms with Crippen LogP contribution in [0.4, 0.5) is 45.1 Å². The standard InChI is InChI=1S/C16H10F5N5/c17-11-5-2-6-12(18)14(11)25-15-24-13(8-22-26-15)23-10-4-1-3-9(7-10)16(19,20)21/h1-8H,(H2,23,24,25,26). The van der Waals surface area contributed by atoms with Crippen LogP contribution in [0.5, 0.6) is 0 Å². The fourth-order valence-electron chi connectivity index (χ4n) is 2.07. The molecule has 0 saturated carbocycles. The van der Waals surface area contributed by atoms with Gasteiger partial charge in [-0.25, -0.2) is 8.78 Å². The number of anilines is 4. The highest BCUT2D eigenvalue weighted by molar-refractivity contribution is 5.59. The minimum atomic E-state index is -4.49. The predicted molar refractivity (Wildman–Crippen MR) is 84.2 cm³/mol. The summed E-state index contributed by atoms with van der Waals surface area (Å²) in [5.74, 6) is -1.90. The van der Waals surface area contributed by atoms with Gasteiger partial charge in [-0.05, 0) is 30.3 Å². The summed E-state index contributed by atoms with van der Waals surface area (Å²) in [7, 11) is 0. The van der Waals surface area contributed by atoms with Crippen LogP contribution in [0.1, 0.15) is 5.56 Å². The highest BCUT2D eigenvalue weighted by Crippen LogP contribution is 2.31. The van der Waals surface area contributed by atoms with Gasteiger partial charge in [-0.15, -0.1) is 5.10 Å². The molecule has 26 heavy (non-hydrogen) atoms. The number of nitrogens with zero attached hydrogens (tertiary/aromatic N) is 3. The number of alkyl halides is 3. The number of rotatable bonds is 4. The minimum absolute atomic E-state index is 0.0403. The molecule has 0 aliphatic heterocycles. The highest BCUT2D eigenvalue weighted by atomic mass is 19.4. The van der Waals surface area contributed by atoms with Crippen molar-refractivity contribution in [3.8, 4) is 0 Å². The van der Waals surface area contributed by atoms with Crippen LogP contribution in [-0.2, 0) is 6.18 Å². The van der Waals surface area contributed by atoms with E-state index >= 15 is 0 Å². The Bertz CT molecular complexity index is 909. The van der Waals surface area contributed by atoms with Crippen LogP contribution in [0, 0.1) is 11.6 Å². The molecular formula is C16H10F5N5. The van der Waals surface area contributed by atoms with Crippen molar-refractivity contribution in [1.82, 2.24) is 15.2 Å². The molecule has 2 N–H and O–H groups in total. The van der Waals surface area contributed by atoms with E-state index in [1.54, 1.807) is 0 Å². The first kappa shape index (κ1) is 17.5. The second kappa shape index (κ2) is 6.90. The monoisotopic (exact) mass is 367 g/mol. The Balaban J connectivity index is 1.82. The maximum atomic E-state index is 13.6. The van der Waals surface area contributed by atoms with Gasteiger partial charge in [-0.2, -0.15) is 23.3 Å². The maximum Gasteiger partial charge on any atom is 0.416 e. The molecule has 0 atom stereocenters. The van der Waals surface area contributed by atoms with Crippen LogP contribution in [0.25, 0.3) is 0 Å². The summed E-state index contributed by atoms with van der Waals surface area (Å²) in [5.41, 5.74) is -1.19. The molecule has 3 aromatic rings. The lowest BCUT2D eigenvalue weighted by atomic mass is 10.2. The molecule has 2 aromatic carbocycles. The van der Waals surface area contributed by atoms with Crippen molar-refractivity contribution in [3.63, 3.8) is 0 Å². The summed E-state index contributed by atoms with van der Waals surface area (Å²) in [6.07, 6.45) is -3.33. The number of hydrogen-bond donors (Lipinski definition) is 2. The summed E-state index contributed by atoms with van der Waals surface area (Å²) in [6.45, 7) is 0. The van der Waals surface area contributed by atoms with E-state index in [0.29, 0.717) is 0 Å². The zero-order valence-corrected chi connectivity index (χ0v) is 12.9. The van der Waals surface area contributed by atoms with Gasteiger partial charge in [-0.1, -0.05) is 12.1 Å². The SMILES string of the molecule is Fc1cccc(F)c1Nc1nncc(Nc2cccc(C(F)(F)F)c2)n1. The van der Waals surface area contributed by atoms with Crippen LogP contribution in [0.2, 0.25) is 0 Å². The predicted octanol–water partition coefficient (Wildman–Crippen LogP) is 4.66. The first-order valence-electron chi connectivity index (χ1n) is 7.18. The first-order chi connectivity index (χ1) is 12.3. The van der Waals surface area contributed by atoms with Gasteiger partial charge in [0.2, 0.25) is 5.95 Å². The van der Waals surface area contributed by atoms with Crippen molar-refractivity contribution in [2.75, 3.05) is 10.6 Å². The van der Waals surface area contributed by atoms with Crippen molar-refractivity contribution < 1.29 is 22.0 Å². The lowest BCUT2D eigenvalue weighted by Gasteiger charge is -2.11. The smallest absolute Gasteiger partial charge is 0.339 e. The first-order valence-corrected chi connectivity index (χ1v) is 7.18. The van der Waals surface area contributed by atoms with Gasteiger partial charge < -0.3 is 10.6 Å². The molecule has 10 heteroatoms. The van der Waals surface area contributed by atoms with E-state index in [9.17, 15) is 22.0 Å². The summed E-state index contributed by atoms with van der Waals surface area (Å²) >= 11 is 0. The molecule has 134 valence electrons. The van der Waals surface area contributed by atoms with Crippen molar-refractivity contribution in [1.29, 1.82) is 0 Å². The van der Waals surface area contributed by atoms with E-state index in [0.717, 1.165) is 30.5 Å². The molecular weight excluding hydrogens is 357 g/mol. The third-order valence-corrected chi connectivity index (χ3v) is 3.22. The van der Waals surface area contributed by atoms with E-state index < -0.39 is 29.1 Å². The number of halogens is 5. The van der Waals surface area contributed by atoms with Crippen LogP contribution in [0.15, 0.2) is 48.7 Å². The van der Waals surface area contributed by atoms with E-state index in [-0.39, 0.29) is 17.5 Å². The third-order valence-electron chi connectivity index (χ3n) is 3.22. The van der Waals surface area contributed by atoms with Crippen LogP contribution in [0.3, 0.4) is 0 Å². The Morgan fingerprint density at radius 2 is 1.58 bits per heavy atom. The van der Waals surface area contributed by atoms with Gasteiger partial charge in [0.1, 0.15) is 17.3 Å². The lowest BCUT2D eigenvalue weighted by Crippen LogP contribution is -2.06. The fourth-order valence-corrected chi connectivity index (χ4v) is 2.07. The van der Waals surface area contributed by atoms with E-state index in [1.807, 2.05) is 0 Å². The summed E-state index contributed by atoms with van der Waals surface area (Å²) < 4.78 is 65.5. The molecule has 0 bridgehead atoms. The van der Waals surface area contributed by atoms with Gasteiger partial charge in [-0.3, -0.25) is 0 Å². The van der Waals surface area contributed by atoms with E-state index in [4.69, 9.17) is 0 Å². The summed E-state index contributed by atoms with van der Waals surface area (Å²) in [5, 5.41) is 12.2. The fraction of sp³-hybridized carbons (Fsp3) is 0.0625. The molecule has 0 amide bonds. The average molecular weight is 367 g/mol. The van der Waals surface area contributed by atoms with Crippen LogP contribution >= 0.6 is 0 Å². The Kier molecular flexibility index (Phi) is 4.65. The largest absolute Gasteiger partial charge is 0.416 e. The van der Waals surface area contributed by atoms with E-state index in [1.165, 1.54) is 18.2 Å². The van der Waals surface area contributed by atoms with Gasteiger partial charge >= 0.3 is 6.18 Å². The van der Waals surface area contributed by atoms with Crippen LogP contribution in [-0.4, -0.2) is 15.2 Å². The molecule has 0 aliphatic carbocycles. The average Bonchev–Trinajstić information content (AvgIpc) is 2.58. The minimum Gasteiger partial charge on any atom is -0.339 e.